The third-order valence-corrected chi connectivity index (χ3v) is 3.64. The fourth-order valence-electron chi connectivity index (χ4n) is 2.73. The molecule has 1 N–H and O–H groups in total. The summed E-state index contributed by atoms with van der Waals surface area (Å²) in [6, 6.07) is 0. The molecule has 0 aromatic carbocycles. The van der Waals surface area contributed by atoms with Gasteiger partial charge in [0, 0.05) is 12.3 Å². The highest BCUT2D eigenvalue weighted by Gasteiger charge is 2.46. The minimum Gasteiger partial charge on any atom is -0.389 e. The van der Waals surface area contributed by atoms with E-state index in [4.69, 9.17) is 0 Å². The van der Waals surface area contributed by atoms with Gasteiger partial charge in [-0.05, 0) is 25.2 Å². The maximum absolute atomic E-state index is 11.5. The van der Waals surface area contributed by atoms with Crippen molar-refractivity contribution in [2.24, 2.45) is 11.8 Å². The molecule has 3 atom stereocenters. The van der Waals surface area contributed by atoms with Gasteiger partial charge in [-0.15, -0.1) is 0 Å². The van der Waals surface area contributed by atoms with Crippen LogP contribution in [-0.4, -0.2) is 16.5 Å². The molecule has 68 valence electrons. The number of aliphatic hydroxyl groups is 1. The van der Waals surface area contributed by atoms with Gasteiger partial charge < -0.3 is 5.11 Å². The molecule has 0 amide bonds. The van der Waals surface area contributed by atoms with Crippen molar-refractivity contribution in [3.8, 4) is 0 Å². The average Bonchev–Trinajstić information content (AvgIpc) is 2.01. The van der Waals surface area contributed by atoms with Crippen molar-refractivity contribution in [3.05, 3.63) is 0 Å². The molecule has 2 nitrogen and oxygen atoms in total. The monoisotopic (exact) mass is 168 g/mol. The molecule has 0 aromatic rings. The van der Waals surface area contributed by atoms with Crippen LogP contribution in [0.25, 0.3) is 0 Å². The van der Waals surface area contributed by atoms with Crippen LogP contribution in [0.2, 0.25) is 0 Å². The van der Waals surface area contributed by atoms with Gasteiger partial charge in [0.15, 0.2) is 0 Å². The van der Waals surface area contributed by atoms with E-state index in [9.17, 15) is 9.90 Å². The van der Waals surface area contributed by atoms with E-state index >= 15 is 0 Å². The van der Waals surface area contributed by atoms with Crippen LogP contribution < -0.4 is 0 Å². The highest BCUT2D eigenvalue weighted by Crippen LogP contribution is 2.44. The third kappa shape index (κ3) is 1.09. The Morgan fingerprint density at radius 2 is 2.33 bits per heavy atom. The predicted molar refractivity (Wildman–Crippen MR) is 45.7 cm³/mol. The summed E-state index contributed by atoms with van der Waals surface area (Å²) in [6.07, 6.45) is 4.64. The van der Waals surface area contributed by atoms with Gasteiger partial charge in [0.2, 0.25) is 0 Å². The molecule has 0 aliphatic heterocycles. The van der Waals surface area contributed by atoms with E-state index in [2.05, 4.69) is 0 Å². The number of Topliss-reactive ketones (excluding diaryl/α,β-unsaturated/α-hetero) is 1. The van der Waals surface area contributed by atoms with E-state index in [1.165, 1.54) is 0 Å². The standard InChI is InChI=1S/C10H16O2/c1-7-9(11)5-8-3-2-4-10(7,12)6-8/h7-8,12H,2-6H2,1H3. The lowest BCUT2D eigenvalue weighted by molar-refractivity contribution is -0.146. The second-order valence-electron chi connectivity index (χ2n) is 4.46. The van der Waals surface area contributed by atoms with Crippen molar-refractivity contribution in [3.63, 3.8) is 0 Å². The van der Waals surface area contributed by atoms with E-state index < -0.39 is 5.60 Å². The number of carbonyl (C=O) groups is 1. The summed E-state index contributed by atoms with van der Waals surface area (Å²) >= 11 is 0. The van der Waals surface area contributed by atoms with E-state index in [-0.39, 0.29) is 11.7 Å². The van der Waals surface area contributed by atoms with Crippen LogP contribution in [0.3, 0.4) is 0 Å². The number of carbonyl (C=O) groups excluding carboxylic acids is 1. The minimum absolute atomic E-state index is 0.117. The van der Waals surface area contributed by atoms with Crippen LogP contribution in [0, 0.1) is 11.8 Å². The van der Waals surface area contributed by atoms with Gasteiger partial charge in [-0.1, -0.05) is 13.3 Å². The van der Waals surface area contributed by atoms with Gasteiger partial charge in [0.25, 0.3) is 0 Å². The Hall–Kier alpha value is -0.370. The largest absolute Gasteiger partial charge is 0.389 e. The quantitative estimate of drug-likeness (QED) is 0.595. The van der Waals surface area contributed by atoms with Gasteiger partial charge >= 0.3 is 0 Å². The first-order valence-electron chi connectivity index (χ1n) is 4.87. The zero-order valence-electron chi connectivity index (χ0n) is 7.55. The van der Waals surface area contributed by atoms with Gasteiger partial charge in [-0.25, -0.2) is 0 Å². The van der Waals surface area contributed by atoms with Gasteiger partial charge in [-0.3, -0.25) is 4.79 Å². The lowest BCUT2D eigenvalue weighted by Gasteiger charge is -2.44. The number of hydrogen-bond acceptors (Lipinski definition) is 2. The van der Waals surface area contributed by atoms with Crippen molar-refractivity contribution in [2.45, 2.75) is 44.6 Å². The Morgan fingerprint density at radius 1 is 1.58 bits per heavy atom. The first-order valence-corrected chi connectivity index (χ1v) is 4.87. The predicted octanol–water partition coefficient (Wildman–Crippen LogP) is 1.52. The maximum atomic E-state index is 11.5. The van der Waals surface area contributed by atoms with Crippen LogP contribution in [-0.2, 0) is 4.79 Å². The van der Waals surface area contributed by atoms with Crippen LogP contribution >= 0.6 is 0 Å². The maximum Gasteiger partial charge on any atom is 0.138 e. The molecule has 0 radical (unpaired) electrons. The zero-order chi connectivity index (χ0) is 8.77. The summed E-state index contributed by atoms with van der Waals surface area (Å²) in [5.41, 5.74) is -0.641. The smallest absolute Gasteiger partial charge is 0.138 e. The summed E-state index contributed by atoms with van der Waals surface area (Å²) < 4.78 is 0. The highest BCUT2D eigenvalue weighted by atomic mass is 16.3. The summed E-state index contributed by atoms with van der Waals surface area (Å²) in [7, 11) is 0. The molecule has 3 unspecified atom stereocenters. The van der Waals surface area contributed by atoms with Crippen molar-refractivity contribution in [1.29, 1.82) is 0 Å². The normalized spacial score (nSPS) is 47.7. The SMILES string of the molecule is CC1C(=O)CC2CCCC1(O)C2. The molecule has 2 aliphatic carbocycles. The lowest BCUT2D eigenvalue weighted by Crippen LogP contribution is -2.49. The fraction of sp³-hybridized carbons (Fsp3) is 0.900. The molecule has 0 saturated heterocycles. The number of ketones is 1. The van der Waals surface area contributed by atoms with E-state index in [0.717, 1.165) is 25.7 Å². The molecular weight excluding hydrogens is 152 g/mol. The summed E-state index contributed by atoms with van der Waals surface area (Å²) in [5.74, 6) is 0.634. The van der Waals surface area contributed by atoms with Gasteiger partial charge in [-0.2, -0.15) is 0 Å². The number of rotatable bonds is 0. The topological polar surface area (TPSA) is 37.3 Å². The minimum atomic E-state index is -0.641. The molecule has 2 heteroatoms. The molecule has 2 aliphatic rings. The van der Waals surface area contributed by atoms with Crippen LogP contribution in [0.5, 0.6) is 0 Å². The van der Waals surface area contributed by atoms with Crippen LogP contribution in [0.15, 0.2) is 0 Å². The average molecular weight is 168 g/mol. The van der Waals surface area contributed by atoms with E-state index in [0.29, 0.717) is 12.3 Å². The second kappa shape index (κ2) is 2.56. The molecule has 2 fully saturated rings. The molecule has 12 heavy (non-hydrogen) atoms. The summed E-state index contributed by atoms with van der Waals surface area (Å²) in [4.78, 5) is 11.5. The zero-order valence-corrected chi connectivity index (χ0v) is 7.55. The molecular formula is C10H16O2. The lowest BCUT2D eigenvalue weighted by atomic mass is 9.64. The molecule has 0 aromatic heterocycles. The Labute approximate surface area is 73.0 Å². The first-order chi connectivity index (χ1) is 5.62. The Kier molecular flexibility index (Phi) is 1.76. The Bertz CT molecular complexity index is 212. The van der Waals surface area contributed by atoms with E-state index in [1.54, 1.807) is 0 Å². The number of hydrogen-bond donors (Lipinski definition) is 1. The van der Waals surface area contributed by atoms with Crippen LogP contribution in [0.1, 0.15) is 39.0 Å². The van der Waals surface area contributed by atoms with Crippen molar-refractivity contribution >= 4 is 5.78 Å². The molecule has 2 saturated carbocycles. The van der Waals surface area contributed by atoms with Crippen molar-refractivity contribution in [2.75, 3.05) is 0 Å². The summed E-state index contributed by atoms with van der Waals surface area (Å²) in [5, 5.41) is 10.1. The fourth-order valence-corrected chi connectivity index (χ4v) is 2.73. The molecule has 2 bridgehead atoms. The molecule has 0 spiro atoms. The van der Waals surface area contributed by atoms with Crippen molar-refractivity contribution < 1.29 is 9.90 Å². The highest BCUT2D eigenvalue weighted by molar-refractivity contribution is 5.83. The van der Waals surface area contributed by atoms with Crippen molar-refractivity contribution in [1.82, 2.24) is 0 Å². The second-order valence-corrected chi connectivity index (χ2v) is 4.46. The summed E-state index contributed by atoms with van der Waals surface area (Å²) in [6.45, 7) is 1.88. The van der Waals surface area contributed by atoms with Crippen LogP contribution in [0.4, 0.5) is 0 Å². The number of fused-ring (bicyclic) bond motifs is 2. The molecule has 2 rings (SSSR count). The molecule has 0 heterocycles. The Balaban J connectivity index is 2.23. The van der Waals surface area contributed by atoms with Gasteiger partial charge in [0.05, 0.1) is 5.60 Å². The first kappa shape index (κ1) is 8.24. The van der Waals surface area contributed by atoms with E-state index in [1.807, 2.05) is 6.92 Å². The third-order valence-electron chi connectivity index (χ3n) is 3.64. The van der Waals surface area contributed by atoms with Gasteiger partial charge in [0.1, 0.15) is 5.78 Å². The Morgan fingerprint density at radius 3 is 3.08 bits per heavy atom.